The number of urea groups is 1. The Morgan fingerprint density at radius 2 is 1.78 bits per heavy atom. The Morgan fingerprint density at radius 3 is 2.37 bits per heavy atom. The zero-order valence-corrected chi connectivity index (χ0v) is 17.0. The van der Waals surface area contributed by atoms with Crippen LogP contribution < -0.4 is 10.1 Å². The summed E-state index contributed by atoms with van der Waals surface area (Å²) in [5.41, 5.74) is 1.21. The van der Waals surface area contributed by atoms with Crippen molar-refractivity contribution in [2.45, 2.75) is 58.6 Å². The summed E-state index contributed by atoms with van der Waals surface area (Å²) >= 11 is 0. The summed E-state index contributed by atoms with van der Waals surface area (Å²) in [6.45, 7) is 7.76. The minimum absolute atomic E-state index is 0.0292. The number of ether oxygens (including phenoxy) is 1. The first kappa shape index (κ1) is 21.1. The van der Waals surface area contributed by atoms with Gasteiger partial charge in [-0.05, 0) is 64.2 Å². The highest BCUT2D eigenvalue weighted by Gasteiger charge is 2.21. The van der Waals surface area contributed by atoms with Crippen LogP contribution in [0.3, 0.4) is 0 Å². The lowest BCUT2D eigenvalue weighted by Gasteiger charge is -2.23. The van der Waals surface area contributed by atoms with Gasteiger partial charge in [-0.3, -0.25) is 4.79 Å². The Balaban J connectivity index is 1.71. The van der Waals surface area contributed by atoms with E-state index in [1.165, 1.54) is 10.5 Å². The molecule has 0 unspecified atom stereocenters. The normalized spacial score (nSPS) is 14.9. The van der Waals surface area contributed by atoms with Gasteiger partial charge in [0.15, 0.2) is 0 Å². The number of nitrogens with one attached hydrogen (secondary N) is 1. The van der Waals surface area contributed by atoms with Crippen molar-refractivity contribution in [1.29, 1.82) is 0 Å². The molecule has 6 heteroatoms. The quantitative estimate of drug-likeness (QED) is 0.760. The maximum absolute atomic E-state index is 12.3. The van der Waals surface area contributed by atoms with Crippen molar-refractivity contribution in [2.24, 2.45) is 0 Å². The standard InChI is InChI=1S/C21H33N3O3/c1-16(2)27-19-11-9-18(10-12-19)8-7-17(3)22-21(26)23(4)15-20(25)24-13-5-6-14-24/h9-12,16-17H,5-8,13-15H2,1-4H3,(H,22,26)/t17-/m0/s1. The minimum atomic E-state index is -0.198. The van der Waals surface area contributed by atoms with E-state index in [0.29, 0.717) is 0 Å². The Labute approximate surface area is 162 Å². The van der Waals surface area contributed by atoms with E-state index in [0.717, 1.165) is 44.5 Å². The van der Waals surface area contributed by atoms with Crippen molar-refractivity contribution in [3.8, 4) is 5.75 Å². The lowest BCUT2D eigenvalue weighted by atomic mass is 10.1. The molecule has 6 nitrogen and oxygen atoms in total. The summed E-state index contributed by atoms with van der Waals surface area (Å²) in [5, 5.41) is 2.97. The van der Waals surface area contributed by atoms with Gasteiger partial charge in [0.25, 0.3) is 0 Å². The lowest BCUT2D eigenvalue weighted by Crippen LogP contribution is -2.46. The van der Waals surface area contributed by atoms with Crippen LogP contribution in [0.2, 0.25) is 0 Å². The molecule has 0 spiro atoms. The molecule has 1 N–H and O–H groups in total. The van der Waals surface area contributed by atoms with Gasteiger partial charge < -0.3 is 19.9 Å². The molecular weight excluding hydrogens is 342 g/mol. The number of amides is 3. The molecule has 27 heavy (non-hydrogen) atoms. The molecular formula is C21H33N3O3. The molecule has 1 saturated heterocycles. The smallest absolute Gasteiger partial charge is 0.317 e. The predicted molar refractivity (Wildman–Crippen MR) is 107 cm³/mol. The highest BCUT2D eigenvalue weighted by atomic mass is 16.5. The summed E-state index contributed by atoms with van der Waals surface area (Å²) in [7, 11) is 1.67. The van der Waals surface area contributed by atoms with Crippen LogP contribution >= 0.6 is 0 Å². The van der Waals surface area contributed by atoms with E-state index in [1.54, 1.807) is 7.05 Å². The third-order valence-corrected chi connectivity index (χ3v) is 4.71. The van der Waals surface area contributed by atoms with Gasteiger partial charge in [-0.15, -0.1) is 0 Å². The largest absolute Gasteiger partial charge is 0.491 e. The van der Waals surface area contributed by atoms with Crippen molar-refractivity contribution < 1.29 is 14.3 Å². The molecule has 0 aromatic heterocycles. The SMILES string of the molecule is CC(C)Oc1ccc(CC[C@H](C)NC(=O)N(C)CC(=O)N2CCCC2)cc1. The van der Waals surface area contributed by atoms with Crippen molar-refractivity contribution in [1.82, 2.24) is 15.1 Å². The topological polar surface area (TPSA) is 61.9 Å². The van der Waals surface area contributed by atoms with Gasteiger partial charge in [-0.2, -0.15) is 0 Å². The Bertz CT molecular complexity index is 610. The summed E-state index contributed by atoms with van der Waals surface area (Å²) < 4.78 is 5.65. The molecule has 2 rings (SSSR count). The summed E-state index contributed by atoms with van der Waals surface area (Å²) in [6.07, 6.45) is 4.00. The number of rotatable bonds is 8. The van der Waals surface area contributed by atoms with Gasteiger partial charge in [0.2, 0.25) is 5.91 Å². The number of aryl methyl sites for hydroxylation is 1. The van der Waals surface area contributed by atoms with E-state index in [9.17, 15) is 9.59 Å². The van der Waals surface area contributed by atoms with Gasteiger partial charge in [0.05, 0.1) is 6.10 Å². The highest BCUT2D eigenvalue weighted by Crippen LogP contribution is 2.15. The molecule has 0 bridgehead atoms. The maximum Gasteiger partial charge on any atom is 0.317 e. The number of hydrogen-bond donors (Lipinski definition) is 1. The monoisotopic (exact) mass is 375 g/mol. The van der Waals surface area contributed by atoms with Crippen LogP contribution in [-0.4, -0.2) is 60.6 Å². The summed E-state index contributed by atoms with van der Waals surface area (Å²) in [4.78, 5) is 27.7. The zero-order chi connectivity index (χ0) is 19.8. The first-order valence-electron chi connectivity index (χ1n) is 9.90. The van der Waals surface area contributed by atoms with Crippen LogP contribution in [0.15, 0.2) is 24.3 Å². The van der Waals surface area contributed by atoms with Gasteiger partial charge >= 0.3 is 6.03 Å². The van der Waals surface area contributed by atoms with Crippen molar-refractivity contribution in [3.63, 3.8) is 0 Å². The number of likely N-dealkylation sites (N-methyl/N-ethyl adjacent to an activating group) is 1. The van der Waals surface area contributed by atoms with Crippen molar-refractivity contribution in [2.75, 3.05) is 26.7 Å². The van der Waals surface area contributed by atoms with Gasteiger partial charge in [0, 0.05) is 26.2 Å². The number of benzene rings is 1. The molecule has 1 aromatic rings. The van der Waals surface area contributed by atoms with Crippen LogP contribution in [0.1, 0.15) is 45.6 Å². The molecule has 1 fully saturated rings. The minimum Gasteiger partial charge on any atom is -0.491 e. The van der Waals surface area contributed by atoms with Crippen LogP contribution in [0.5, 0.6) is 5.75 Å². The fourth-order valence-electron chi connectivity index (χ4n) is 3.12. The molecule has 1 heterocycles. The molecule has 0 radical (unpaired) electrons. The number of likely N-dealkylation sites (tertiary alicyclic amines) is 1. The van der Waals surface area contributed by atoms with E-state index in [-0.39, 0.29) is 30.6 Å². The summed E-state index contributed by atoms with van der Waals surface area (Å²) in [5.74, 6) is 0.904. The highest BCUT2D eigenvalue weighted by molar-refractivity contribution is 5.84. The van der Waals surface area contributed by atoms with Crippen LogP contribution in [-0.2, 0) is 11.2 Å². The second-order valence-corrected chi connectivity index (χ2v) is 7.64. The molecule has 150 valence electrons. The molecule has 0 saturated carbocycles. The molecule has 0 aliphatic carbocycles. The maximum atomic E-state index is 12.3. The second-order valence-electron chi connectivity index (χ2n) is 7.64. The summed E-state index contributed by atoms with van der Waals surface area (Å²) in [6, 6.07) is 7.93. The van der Waals surface area contributed by atoms with Crippen LogP contribution in [0.4, 0.5) is 4.79 Å². The van der Waals surface area contributed by atoms with Gasteiger partial charge in [-0.1, -0.05) is 12.1 Å². The Hall–Kier alpha value is -2.24. The van der Waals surface area contributed by atoms with E-state index in [1.807, 2.05) is 37.8 Å². The van der Waals surface area contributed by atoms with Crippen molar-refractivity contribution in [3.05, 3.63) is 29.8 Å². The molecule has 1 aromatic carbocycles. The number of carbonyl (C=O) groups excluding carboxylic acids is 2. The van der Waals surface area contributed by atoms with Crippen molar-refractivity contribution >= 4 is 11.9 Å². The van der Waals surface area contributed by atoms with Gasteiger partial charge in [0.1, 0.15) is 12.3 Å². The molecule has 1 aliphatic heterocycles. The Morgan fingerprint density at radius 1 is 1.15 bits per heavy atom. The lowest BCUT2D eigenvalue weighted by molar-refractivity contribution is -0.130. The number of nitrogens with zero attached hydrogens (tertiary/aromatic N) is 2. The third-order valence-electron chi connectivity index (χ3n) is 4.71. The number of carbonyl (C=O) groups is 2. The average molecular weight is 376 g/mol. The fourth-order valence-corrected chi connectivity index (χ4v) is 3.12. The first-order chi connectivity index (χ1) is 12.8. The van der Waals surface area contributed by atoms with E-state index < -0.39 is 0 Å². The zero-order valence-electron chi connectivity index (χ0n) is 17.0. The predicted octanol–water partition coefficient (Wildman–Crippen LogP) is 3.06. The Kier molecular flexibility index (Phi) is 7.95. The average Bonchev–Trinajstić information content (AvgIpc) is 3.15. The van der Waals surface area contributed by atoms with E-state index in [4.69, 9.17) is 4.74 Å². The van der Waals surface area contributed by atoms with Crippen LogP contribution in [0, 0.1) is 0 Å². The molecule has 1 aliphatic rings. The fraction of sp³-hybridized carbons (Fsp3) is 0.619. The molecule has 3 amide bonds. The van der Waals surface area contributed by atoms with Crippen LogP contribution in [0.25, 0.3) is 0 Å². The second kappa shape index (κ2) is 10.2. The van der Waals surface area contributed by atoms with Gasteiger partial charge in [-0.25, -0.2) is 4.79 Å². The van der Waals surface area contributed by atoms with E-state index >= 15 is 0 Å². The third kappa shape index (κ3) is 7.12. The molecule has 1 atom stereocenters. The number of hydrogen-bond acceptors (Lipinski definition) is 3. The van der Waals surface area contributed by atoms with E-state index in [2.05, 4.69) is 17.4 Å². The first-order valence-corrected chi connectivity index (χ1v) is 9.90.